The number of carbonyl (C=O) groups excluding carboxylic acids is 2. The molecular formula is C26H27N3O5S. The van der Waals surface area contributed by atoms with Gasteiger partial charge in [0.1, 0.15) is 11.8 Å². The highest BCUT2D eigenvalue weighted by Crippen LogP contribution is 2.38. The zero-order valence-electron chi connectivity index (χ0n) is 20.0. The number of nitrogens with one attached hydrogen (secondary N) is 2. The second kappa shape index (κ2) is 9.42. The first-order chi connectivity index (χ1) is 16.6. The van der Waals surface area contributed by atoms with E-state index in [1.165, 1.54) is 0 Å². The molecule has 0 aliphatic carbocycles. The molecule has 1 aliphatic rings. The SMILES string of the molecule is COc1ccc(NC(=O)CC2C(=O)Nc3ccccc3N2S(=O)(=O)c2c(C)cc(C)cc2C)cc1. The van der Waals surface area contributed by atoms with Crippen molar-refractivity contribution in [2.24, 2.45) is 0 Å². The number of para-hydroxylation sites is 2. The number of aryl methyl sites for hydroxylation is 3. The molecule has 1 heterocycles. The van der Waals surface area contributed by atoms with Crippen LogP contribution in [-0.4, -0.2) is 33.4 Å². The summed E-state index contributed by atoms with van der Waals surface area (Å²) in [5.74, 6) is -0.431. The van der Waals surface area contributed by atoms with Gasteiger partial charge in [-0.1, -0.05) is 29.8 Å². The Morgan fingerprint density at radius 1 is 1.03 bits per heavy atom. The fraction of sp³-hybridized carbons (Fsp3) is 0.231. The number of amides is 2. The average Bonchev–Trinajstić information content (AvgIpc) is 2.79. The summed E-state index contributed by atoms with van der Waals surface area (Å²) in [5, 5.41) is 5.48. The van der Waals surface area contributed by atoms with Crippen LogP contribution in [0.2, 0.25) is 0 Å². The standard InChI is InChI=1S/C26H27N3O5S/c1-16-13-17(2)25(18(3)14-16)35(32,33)29-22-8-6-5-7-21(22)28-26(31)23(29)15-24(30)27-19-9-11-20(34-4)12-10-19/h5-14,23H,15H2,1-4H3,(H,27,30)(H,28,31). The summed E-state index contributed by atoms with van der Waals surface area (Å²) in [6, 6.07) is 15.7. The molecule has 8 nitrogen and oxygen atoms in total. The lowest BCUT2D eigenvalue weighted by Crippen LogP contribution is -2.52. The van der Waals surface area contributed by atoms with Gasteiger partial charge in [-0.25, -0.2) is 8.42 Å². The minimum Gasteiger partial charge on any atom is -0.497 e. The minimum absolute atomic E-state index is 0.133. The van der Waals surface area contributed by atoms with E-state index in [-0.39, 0.29) is 11.3 Å². The highest BCUT2D eigenvalue weighted by Gasteiger charge is 2.43. The molecule has 2 amide bonds. The van der Waals surface area contributed by atoms with Gasteiger partial charge >= 0.3 is 0 Å². The first-order valence-corrected chi connectivity index (χ1v) is 12.5. The third-order valence-corrected chi connectivity index (χ3v) is 7.99. The highest BCUT2D eigenvalue weighted by molar-refractivity contribution is 7.93. The second-order valence-electron chi connectivity index (χ2n) is 8.53. The molecule has 0 bridgehead atoms. The summed E-state index contributed by atoms with van der Waals surface area (Å²) in [4.78, 5) is 26.2. The van der Waals surface area contributed by atoms with Gasteiger partial charge in [0.25, 0.3) is 10.0 Å². The zero-order valence-corrected chi connectivity index (χ0v) is 20.8. The number of rotatable bonds is 6. The fourth-order valence-corrected chi connectivity index (χ4v) is 6.52. The van der Waals surface area contributed by atoms with Crippen LogP contribution < -0.4 is 19.7 Å². The van der Waals surface area contributed by atoms with Crippen molar-refractivity contribution >= 4 is 38.9 Å². The van der Waals surface area contributed by atoms with Gasteiger partial charge in [-0.2, -0.15) is 0 Å². The normalized spacial score (nSPS) is 15.3. The zero-order chi connectivity index (χ0) is 25.3. The van der Waals surface area contributed by atoms with Crippen LogP contribution in [0.3, 0.4) is 0 Å². The van der Waals surface area contributed by atoms with Gasteiger partial charge in [0, 0.05) is 5.69 Å². The molecule has 0 spiro atoms. The molecule has 0 saturated carbocycles. The van der Waals surface area contributed by atoms with E-state index in [9.17, 15) is 18.0 Å². The smallest absolute Gasteiger partial charge is 0.265 e. The van der Waals surface area contributed by atoms with E-state index in [1.54, 1.807) is 81.6 Å². The van der Waals surface area contributed by atoms with Crippen molar-refractivity contribution in [2.45, 2.75) is 38.1 Å². The predicted octanol–water partition coefficient (Wildman–Crippen LogP) is 4.17. The van der Waals surface area contributed by atoms with Gasteiger partial charge in [0.15, 0.2) is 0 Å². The topological polar surface area (TPSA) is 105 Å². The number of hydrogen-bond acceptors (Lipinski definition) is 5. The van der Waals surface area contributed by atoms with Crippen molar-refractivity contribution in [3.63, 3.8) is 0 Å². The lowest BCUT2D eigenvalue weighted by atomic mass is 10.1. The molecule has 0 fully saturated rings. The van der Waals surface area contributed by atoms with Gasteiger partial charge in [-0.3, -0.25) is 13.9 Å². The quantitative estimate of drug-likeness (QED) is 0.536. The van der Waals surface area contributed by atoms with Crippen LogP contribution in [0.1, 0.15) is 23.1 Å². The maximum Gasteiger partial charge on any atom is 0.265 e. The molecular weight excluding hydrogens is 466 g/mol. The average molecular weight is 494 g/mol. The van der Waals surface area contributed by atoms with Crippen molar-refractivity contribution in [3.05, 3.63) is 77.4 Å². The van der Waals surface area contributed by atoms with Gasteiger partial charge < -0.3 is 15.4 Å². The number of carbonyl (C=O) groups is 2. The number of nitrogens with zero attached hydrogens (tertiary/aromatic N) is 1. The molecule has 1 atom stereocenters. The molecule has 2 N–H and O–H groups in total. The van der Waals surface area contributed by atoms with E-state index in [1.807, 2.05) is 6.92 Å². The number of methoxy groups -OCH3 is 1. The highest BCUT2D eigenvalue weighted by atomic mass is 32.2. The minimum atomic E-state index is -4.19. The van der Waals surface area contributed by atoms with E-state index < -0.39 is 27.9 Å². The Morgan fingerprint density at radius 3 is 2.29 bits per heavy atom. The molecule has 0 aromatic heterocycles. The first kappa shape index (κ1) is 24.3. The van der Waals surface area contributed by atoms with Gasteiger partial charge in [-0.15, -0.1) is 0 Å². The molecule has 9 heteroatoms. The molecule has 1 aliphatic heterocycles. The lowest BCUT2D eigenvalue weighted by Gasteiger charge is -2.37. The fourth-order valence-electron chi connectivity index (χ4n) is 4.47. The van der Waals surface area contributed by atoms with Crippen LogP contribution in [0.15, 0.2) is 65.6 Å². The van der Waals surface area contributed by atoms with Crippen LogP contribution in [0, 0.1) is 20.8 Å². The Kier molecular flexibility index (Phi) is 6.53. The number of sulfonamides is 1. The molecule has 0 saturated heterocycles. The van der Waals surface area contributed by atoms with Gasteiger partial charge in [0.05, 0.1) is 29.8 Å². The molecule has 35 heavy (non-hydrogen) atoms. The summed E-state index contributed by atoms with van der Waals surface area (Å²) in [7, 11) is -2.65. The molecule has 3 aromatic rings. The van der Waals surface area contributed by atoms with Crippen molar-refractivity contribution in [3.8, 4) is 5.75 Å². The number of ether oxygens (including phenoxy) is 1. The van der Waals surface area contributed by atoms with Crippen LogP contribution in [0.25, 0.3) is 0 Å². The van der Waals surface area contributed by atoms with E-state index in [2.05, 4.69) is 10.6 Å². The monoisotopic (exact) mass is 493 g/mol. The van der Waals surface area contributed by atoms with Gasteiger partial charge in [-0.05, 0) is 68.3 Å². The van der Waals surface area contributed by atoms with E-state index in [4.69, 9.17) is 4.74 Å². The Morgan fingerprint density at radius 2 is 1.66 bits per heavy atom. The third-order valence-electron chi connectivity index (χ3n) is 5.86. The van der Waals surface area contributed by atoms with Crippen LogP contribution in [0.5, 0.6) is 5.75 Å². The van der Waals surface area contributed by atoms with Crippen molar-refractivity contribution in [1.29, 1.82) is 0 Å². The Labute approximate surface area is 205 Å². The number of fused-ring (bicyclic) bond motifs is 1. The van der Waals surface area contributed by atoms with Gasteiger partial charge in [0.2, 0.25) is 11.8 Å². The van der Waals surface area contributed by atoms with Crippen LogP contribution >= 0.6 is 0 Å². The summed E-state index contributed by atoms with van der Waals surface area (Å²) in [5.41, 5.74) is 3.28. The Hall–Kier alpha value is -3.85. The number of anilines is 3. The molecule has 182 valence electrons. The van der Waals surface area contributed by atoms with Crippen molar-refractivity contribution in [2.75, 3.05) is 22.0 Å². The predicted molar refractivity (Wildman–Crippen MR) is 135 cm³/mol. The van der Waals surface area contributed by atoms with Crippen LogP contribution in [-0.2, 0) is 19.6 Å². The Balaban J connectivity index is 1.74. The summed E-state index contributed by atoms with van der Waals surface area (Å²) < 4.78 is 34.3. The maximum atomic E-state index is 14.1. The van der Waals surface area contributed by atoms with Crippen LogP contribution in [0.4, 0.5) is 17.1 Å². The summed E-state index contributed by atoms with van der Waals surface area (Å²) in [6.07, 6.45) is -0.366. The van der Waals surface area contributed by atoms with Crippen molar-refractivity contribution < 1.29 is 22.7 Å². The maximum absolute atomic E-state index is 14.1. The molecule has 3 aromatic carbocycles. The third kappa shape index (κ3) is 4.72. The van der Waals surface area contributed by atoms with E-state index in [0.717, 1.165) is 9.87 Å². The summed E-state index contributed by atoms with van der Waals surface area (Å²) in [6.45, 7) is 5.36. The largest absolute Gasteiger partial charge is 0.497 e. The van der Waals surface area contributed by atoms with E-state index in [0.29, 0.717) is 33.9 Å². The first-order valence-electron chi connectivity index (χ1n) is 11.1. The Bertz CT molecular complexity index is 1380. The lowest BCUT2D eigenvalue weighted by molar-refractivity contribution is -0.122. The van der Waals surface area contributed by atoms with Crippen molar-refractivity contribution in [1.82, 2.24) is 0 Å². The number of hydrogen-bond donors (Lipinski definition) is 2. The number of benzene rings is 3. The summed E-state index contributed by atoms with van der Waals surface area (Å²) >= 11 is 0. The molecule has 1 unspecified atom stereocenters. The van der Waals surface area contributed by atoms with E-state index >= 15 is 0 Å². The molecule has 0 radical (unpaired) electrons. The molecule has 4 rings (SSSR count). The second-order valence-corrected chi connectivity index (χ2v) is 10.3.